The quantitative estimate of drug-likeness (QED) is 0.689. The van der Waals surface area contributed by atoms with Gasteiger partial charge in [0.15, 0.2) is 0 Å². The molecule has 4 heteroatoms. The Labute approximate surface area is 104 Å². The first-order valence-electron chi connectivity index (χ1n) is 5.42. The summed E-state index contributed by atoms with van der Waals surface area (Å²) < 4.78 is 5.57. The lowest BCUT2D eigenvalue weighted by Crippen LogP contribution is -1.93. The SMILES string of the molecule is O=[C]OCCCCCCc1cc(Br)ccn1. The van der Waals surface area contributed by atoms with Crippen molar-refractivity contribution >= 4 is 22.4 Å². The van der Waals surface area contributed by atoms with E-state index >= 15 is 0 Å². The summed E-state index contributed by atoms with van der Waals surface area (Å²) >= 11 is 3.42. The Balaban J connectivity index is 2.05. The van der Waals surface area contributed by atoms with Crippen molar-refractivity contribution < 1.29 is 9.53 Å². The number of aryl methyl sites for hydroxylation is 1. The molecule has 0 saturated heterocycles. The number of nitrogens with zero attached hydrogens (tertiary/aromatic N) is 1. The minimum absolute atomic E-state index is 0.485. The van der Waals surface area contributed by atoms with E-state index in [1.54, 1.807) is 0 Å². The van der Waals surface area contributed by atoms with Gasteiger partial charge in [0.1, 0.15) is 0 Å². The lowest BCUT2D eigenvalue weighted by atomic mass is 10.1. The van der Waals surface area contributed by atoms with Crippen molar-refractivity contribution in [2.75, 3.05) is 6.61 Å². The fourth-order valence-corrected chi connectivity index (χ4v) is 1.84. The molecular formula is C12H15BrNO2. The number of hydrogen-bond acceptors (Lipinski definition) is 3. The molecule has 0 aliphatic carbocycles. The lowest BCUT2D eigenvalue weighted by molar-refractivity contribution is 0.269. The van der Waals surface area contributed by atoms with E-state index in [4.69, 9.17) is 0 Å². The average molecular weight is 285 g/mol. The minimum atomic E-state index is 0.485. The molecule has 0 fully saturated rings. The van der Waals surface area contributed by atoms with Gasteiger partial charge in [-0.2, -0.15) is 0 Å². The highest BCUT2D eigenvalue weighted by molar-refractivity contribution is 9.10. The number of pyridine rings is 1. The molecule has 0 N–H and O–H groups in total. The first kappa shape index (κ1) is 13.2. The molecule has 0 bridgehead atoms. The Kier molecular flexibility index (Phi) is 6.81. The number of carbonyl (C=O) groups excluding carboxylic acids is 1. The van der Waals surface area contributed by atoms with Crippen molar-refractivity contribution in [3.8, 4) is 0 Å². The number of ether oxygens (including phenoxy) is 1. The summed E-state index contributed by atoms with van der Waals surface area (Å²) in [7, 11) is 0. The minimum Gasteiger partial charge on any atom is -0.457 e. The van der Waals surface area contributed by atoms with Crippen LogP contribution in [0.15, 0.2) is 22.8 Å². The van der Waals surface area contributed by atoms with Crippen LogP contribution in [0.5, 0.6) is 0 Å². The third kappa shape index (κ3) is 5.85. The van der Waals surface area contributed by atoms with Crippen LogP contribution in [0.25, 0.3) is 0 Å². The highest BCUT2D eigenvalue weighted by Crippen LogP contribution is 2.12. The monoisotopic (exact) mass is 284 g/mol. The molecule has 0 aromatic carbocycles. The normalized spacial score (nSPS) is 10.1. The van der Waals surface area contributed by atoms with E-state index in [9.17, 15) is 4.79 Å². The maximum Gasteiger partial charge on any atom is 0.417 e. The van der Waals surface area contributed by atoms with Gasteiger partial charge in [-0.1, -0.05) is 28.8 Å². The molecule has 1 radical (unpaired) electrons. The lowest BCUT2D eigenvalue weighted by Gasteiger charge is -2.01. The maximum absolute atomic E-state index is 9.75. The number of aromatic nitrogens is 1. The van der Waals surface area contributed by atoms with Gasteiger partial charge in [0.05, 0.1) is 6.61 Å². The number of rotatable bonds is 8. The summed E-state index contributed by atoms with van der Waals surface area (Å²) in [6, 6.07) is 3.97. The fraction of sp³-hybridized carbons (Fsp3) is 0.500. The molecule has 0 aliphatic heterocycles. The molecule has 0 amide bonds. The van der Waals surface area contributed by atoms with E-state index in [1.807, 2.05) is 18.3 Å². The molecule has 0 aliphatic rings. The van der Waals surface area contributed by atoms with Crippen LogP contribution in [0.2, 0.25) is 0 Å². The van der Waals surface area contributed by atoms with Crippen LogP contribution < -0.4 is 0 Å². The first-order chi connectivity index (χ1) is 7.83. The van der Waals surface area contributed by atoms with Gasteiger partial charge in [0.25, 0.3) is 0 Å². The molecule has 1 aromatic rings. The summed E-state index contributed by atoms with van der Waals surface area (Å²) in [5.41, 5.74) is 1.12. The largest absolute Gasteiger partial charge is 0.457 e. The van der Waals surface area contributed by atoms with Gasteiger partial charge < -0.3 is 4.74 Å². The van der Waals surface area contributed by atoms with Crippen molar-refractivity contribution in [3.05, 3.63) is 28.5 Å². The van der Waals surface area contributed by atoms with Crippen LogP contribution in [0, 0.1) is 0 Å². The molecule has 1 heterocycles. The Morgan fingerprint density at radius 2 is 2.12 bits per heavy atom. The number of hydrogen-bond donors (Lipinski definition) is 0. The summed E-state index contributed by atoms with van der Waals surface area (Å²) in [5.74, 6) is 0. The predicted octanol–water partition coefficient (Wildman–Crippen LogP) is 3.03. The molecule has 1 aromatic heterocycles. The zero-order valence-electron chi connectivity index (χ0n) is 9.12. The van der Waals surface area contributed by atoms with Crippen LogP contribution in [-0.4, -0.2) is 18.1 Å². The van der Waals surface area contributed by atoms with E-state index in [0.717, 1.165) is 42.3 Å². The third-order valence-corrected chi connectivity index (χ3v) is 2.76. The van der Waals surface area contributed by atoms with Crippen LogP contribution in [0.1, 0.15) is 31.4 Å². The van der Waals surface area contributed by atoms with E-state index in [-0.39, 0.29) is 0 Å². The maximum atomic E-state index is 9.75. The standard InChI is InChI=1S/C12H15BrNO2/c13-11-6-7-14-12(9-11)5-3-1-2-4-8-16-10-15/h6-7,9H,1-5,8H2. The number of halogens is 1. The molecule has 0 saturated carbocycles. The van der Waals surface area contributed by atoms with Gasteiger partial charge in [0.2, 0.25) is 0 Å². The number of unbranched alkanes of at least 4 members (excludes halogenated alkanes) is 3. The smallest absolute Gasteiger partial charge is 0.417 e. The van der Waals surface area contributed by atoms with Crippen molar-refractivity contribution in [1.29, 1.82) is 0 Å². The van der Waals surface area contributed by atoms with Crippen LogP contribution in [0.3, 0.4) is 0 Å². The Hall–Kier alpha value is -0.900. The van der Waals surface area contributed by atoms with E-state index in [2.05, 4.69) is 25.7 Å². The summed E-state index contributed by atoms with van der Waals surface area (Å²) in [6.07, 6.45) is 7.06. The van der Waals surface area contributed by atoms with Crippen molar-refractivity contribution in [1.82, 2.24) is 4.98 Å². The van der Waals surface area contributed by atoms with Crippen molar-refractivity contribution in [2.24, 2.45) is 0 Å². The van der Waals surface area contributed by atoms with Gasteiger partial charge in [0, 0.05) is 16.4 Å². The van der Waals surface area contributed by atoms with Crippen molar-refractivity contribution in [2.45, 2.75) is 32.1 Å². The van der Waals surface area contributed by atoms with Gasteiger partial charge in [-0.15, -0.1) is 0 Å². The van der Waals surface area contributed by atoms with E-state index in [0.29, 0.717) is 6.61 Å². The topological polar surface area (TPSA) is 39.2 Å². The summed E-state index contributed by atoms with van der Waals surface area (Å²) in [5, 5.41) is 0. The first-order valence-corrected chi connectivity index (χ1v) is 6.21. The predicted molar refractivity (Wildman–Crippen MR) is 65.8 cm³/mol. The van der Waals surface area contributed by atoms with Crippen LogP contribution >= 0.6 is 15.9 Å². The molecule has 87 valence electrons. The molecule has 1 rings (SSSR count). The van der Waals surface area contributed by atoms with Crippen LogP contribution in [-0.2, 0) is 16.0 Å². The highest BCUT2D eigenvalue weighted by atomic mass is 79.9. The summed E-state index contributed by atoms with van der Waals surface area (Å²) in [6.45, 7) is 1.91. The Morgan fingerprint density at radius 3 is 2.88 bits per heavy atom. The van der Waals surface area contributed by atoms with Gasteiger partial charge in [-0.25, -0.2) is 4.79 Å². The van der Waals surface area contributed by atoms with Crippen molar-refractivity contribution in [3.63, 3.8) is 0 Å². The molecule has 0 unspecified atom stereocenters. The molecule has 0 atom stereocenters. The second-order valence-electron chi connectivity index (χ2n) is 3.56. The molecule has 3 nitrogen and oxygen atoms in total. The van der Waals surface area contributed by atoms with E-state index in [1.165, 1.54) is 6.47 Å². The zero-order chi connectivity index (χ0) is 11.6. The summed E-state index contributed by atoms with van der Waals surface area (Å²) in [4.78, 5) is 14.0. The second-order valence-corrected chi connectivity index (χ2v) is 4.48. The van der Waals surface area contributed by atoms with Gasteiger partial charge in [-0.3, -0.25) is 4.98 Å². The molecule has 16 heavy (non-hydrogen) atoms. The fourth-order valence-electron chi connectivity index (χ4n) is 1.46. The Bertz CT molecular complexity index is 318. The second kappa shape index (κ2) is 8.28. The third-order valence-electron chi connectivity index (χ3n) is 2.27. The highest BCUT2D eigenvalue weighted by Gasteiger charge is 1.96. The zero-order valence-corrected chi connectivity index (χ0v) is 10.7. The molecule has 0 spiro atoms. The molecular weight excluding hydrogens is 270 g/mol. The van der Waals surface area contributed by atoms with Gasteiger partial charge in [-0.05, 0) is 31.4 Å². The van der Waals surface area contributed by atoms with E-state index < -0.39 is 0 Å². The Morgan fingerprint density at radius 1 is 1.31 bits per heavy atom. The average Bonchev–Trinajstić information content (AvgIpc) is 2.28. The van der Waals surface area contributed by atoms with Gasteiger partial charge >= 0.3 is 6.47 Å². The van der Waals surface area contributed by atoms with Crippen LogP contribution in [0.4, 0.5) is 0 Å².